The number of likely N-dealkylation sites (tertiary alicyclic amines) is 1. The molecule has 4 heteroatoms. The van der Waals surface area contributed by atoms with E-state index in [1.165, 1.54) is 70.9 Å². The molecule has 188 valence electrons. The fourth-order valence-electron chi connectivity index (χ4n) is 5.98. The number of benzene rings is 1. The van der Waals surface area contributed by atoms with Gasteiger partial charge in [-0.1, -0.05) is 62.4 Å². The van der Waals surface area contributed by atoms with E-state index in [1.807, 2.05) is 18.2 Å². The van der Waals surface area contributed by atoms with Gasteiger partial charge in [-0.2, -0.15) is 0 Å². The largest absolute Gasteiger partial charge is 0.353 e. The SMILES string of the molecule is CC(c1ccccc1C1CCCCC1)N1CCC(CCCCNC(=O)C=Cc2cccnc2)CC1. The number of nitrogens with one attached hydrogen (secondary N) is 1. The molecule has 0 bridgehead atoms. The molecule has 2 heterocycles. The van der Waals surface area contributed by atoms with Crippen LogP contribution >= 0.6 is 0 Å². The Bertz CT molecular complexity index is 927. The van der Waals surface area contributed by atoms with Crippen LogP contribution in [0, 0.1) is 5.92 Å². The van der Waals surface area contributed by atoms with Crippen molar-refractivity contribution in [3.63, 3.8) is 0 Å². The summed E-state index contributed by atoms with van der Waals surface area (Å²) in [5, 5.41) is 3.01. The first-order valence-corrected chi connectivity index (χ1v) is 13.9. The molecule has 1 aromatic carbocycles. The first kappa shape index (κ1) is 25.6. The number of amides is 1. The number of nitrogens with zero attached hydrogens (tertiary/aromatic N) is 2. The summed E-state index contributed by atoms with van der Waals surface area (Å²) in [5.74, 6) is 1.57. The highest BCUT2D eigenvalue weighted by molar-refractivity contribution is 5.91. The minimum atomic E-state index is -0.0235. The third-order valence-corrected chi connectivity index (χ3v) is 8.14. The number of hydrogen-bond acceptors (Lipinski definition) is 3. The van der Waals surface area contributed by atoms with Crippen LogP contribution in [0.4, 0.5) is 0 Å². The zero-order valence-corrected chi connectivity index (χ0v) is 21.5. The van der Waals surface area contributed by atoms with Gasteiger partial charge in [-0.15, -0.1) is 0 Å². The van der Waals surface area contributed by atoms with Gasteiger partial charge >= 0.3 is 0 Å². The average Bonchev–Trinajstić information content (AvgIpc) is 2.93. The molecule has 1 amide bonds. The van der Waals surface area contributed by atoms with Crippen molar-refractivity contribution in [3.05, 3.63) is 71.6 Å². The van der Waals surface area contributed by atoms with Crippen molar-refractivity contribution in [2.24, 2.45) is 5.92 Å². The lowest BCUT2D eigenvalue weighted by molar-refractivity contribution is -0.116. The van der Waals surface area contributed by atoms with Gasteiger partial charge in [-0.05, 0) is 92.8 Å². The van der Waals surface area contributed by atoms with Crippen molar-refractivity contribution in [1.82, 2.24) is 15.2 Å². The maximum absolute atomic E-state index is 12.0. The Labute approximate surface area is 212 Å². The highest BCUT2D eigenvalue weighted by Crippen LogP contribution is 2.38. The highest BCUT2D eigenvalue weighted by Gasteiger charge is 2.26. The van der Waals surface area contributed by atoms with E-state index in [-0.39, 0.29) is 5.91 Å². The van der Waals surface area contributed by atoms with Gasteiger partial charge in [0.05, 0.1) is 0 Å². The molecule has 2 aliphatic rings. The first-order valence-electron chi connectivity index (χ1n) is 13.9. The second-order valence-electron chi connectivity index (χ2n) is 10.5. The third-order valence-electron chi connectivity index (χ3n) is 8.14. The Morgan fingerprint density at radius 1 is 1.06 bits per heavy atom. The van der Waals surface area contributed by atoms with Crippen molar-refractivity contribution in [2.75, 3.05) is 19.6 Å². The quantitative estimate of drug-likeness (QED) is 0.301. The van der Waals surface area contributed by atoms with E-state index in [2.05, 4.69) is 46.4 Å². The summed E-state index contributed by atoms with van der Waals surface area (Å²) in [4.78, 5) is 18.8. The molecule has 1 aliphatic carbocycles. The number of piperidine rings is 1. The Morgan fingerprint density at radius 2 is 1.86 bits per heavy atom. The second kappa shape index (κ2) is 13.6. The zero-order valence-electron chi connectivity index (χ0n) is 21.5. The first-order chi connectivity index (χ1) is 17.2. The molecule has 1 aromatic heterocycles. The van der Waals surface area contributed by atoms with Crippen molar-refractivity contribution >= 4 is 12.0 Å². The van der Waals surface area contributed by atoms with Crippen LogP contribution in [0.25, 0.3) is 6.08 Å². The van der Waals surface area contributed by atoms with Crippen LogP contribution in [0.1, 0.15) is 99.8 Å². The van der Waals surface area contributed by atoms with Gasteiger partial charge in [-0.25, -0.2) is 0 Å². The molecular weight excluding hydrogens is 430 g/mol. The molecule has 1 saturated carbocycles. The highest BCUT2D eigenvalue weighted by atomic mass is 16.1. The zero-order chi connectivity index (χ0) is 24.3. The smallest absolute Gasteiger partial charge is 0.243 e. The fraction of sp³-hybridized carbons (Fsp3) is 0.548. The van der Waals surface area contributed by atoms with Gasteiger partial charge in [0.1, 0.15) is 0 Å². The van der Waals surface area contributed by atoms with Crippen molar-refractivity contribution in [1.29, 1.82) is 0 Å². The van der Waals surface area contributed by atoms with E-state index in [0.29, 0.717) is 6.04 Å². The predicted octanol–water partition coefficient (Wildman–Crippen LogP) is 6.90. The summed E-state index contributed by atoms with van der Waals surface area (Å²) in [6, 6.07) is 13.6. The number of rotatable bonds is 10. The molecule has 1 aliphatic heterocycles. The lowest BCUT2D eigenvalue weighted by Gasteiger charge is -2.38. The van der Waals surface area contributed by atoms with Gasteiger partial charge in [-0.3, -0.25) is 14.7 Å². The topological polar surface area (TPSA) is 45.2 Å². The van der Waals surface area contributed by atoms with E-state index in [0.717, 1.165) is 30.4 Å². The molecule has 1 saturated heterocycles. The van der Waals surface area contributed by atoms with Gasteiger partial charge < -0.3 is 5.32 Å². The lowest BCUT2D eigenvalue weighted by Crippen LogP contribution is -2.36. The van der Waals surface area contributed by atoms with E-state index < -0.39 is 0 Å². The molecule has 2 aromatic rings. The summed E-state index contributed by atoms with van der Waals surface area (Å²) < 4.78 is 0. The third kappa shape index (κ3) is 7.76. The minimum Gasteiger partial charge on any atom is -0.353 e. The normalized spacial score (nSPS) is 19.1. The van der Waals surface area contributed by atoms with E-state index >= 15 is 0 Å². The molecule has 1 atom stereocenters. The van der Waals surface area contributed by atoms with Gasteiger partial charge in [0.2, 0.25) is 5.91 Å². The molecule has 0 spiro atoms. The number of aromatic nitrogens is 1. The molecule has 1 unspecified atom stereocenters. The summed E-state index contributed by atoms with van der Waals surface area (Å²) in [6.45, 7) is 5.60. The van der Waals surface area contributed by atoms with Gasteiger partial charge in [0, 0.05) is 31.1 Å². The standard InChI is InChI=1S/C31H43N3O/c1-25(29-14-5-6-15-30(29)28-12-3-2-4-13-28)34-22-18-26(19-23-34)10-7-8-21-33-31(35)17-16-27-11-9-20-32-24-27/h5-6,9,11,14-17,20,24-26,28H,2-4,7-8,10,12-13,18-19,21-23H2,1H3,(H,33,35). The average molecular weight is 474 g/mol. The summed E-state index contributed by atoms with van der Waals surface area (Å²) in [6.07, 6.45) is 20.0. The lowest BCUT2D eigenvalue weighted by atomic mass is 9.80. The molecule has 0 radical (unpaired) electrons. The number of hydrogen-bond donors (Lipinski definition) is 1. The predicted molar refractivity (Wildman–Crippen MR) is 145 cm³/mol. The summed E-state index contributed by atoms with van der Waals surface area (Å²) >= 11 is 0. The molecular formula is C31H43N3O. The van der Waals surface area contributed by atoms with Gasteiger partial charge in [0.15, 0.2) is 0 Å². The van der Waals surface area contributed by atoms with E-state index in [9.17, 15) is 4.79 Å². The molecule has 2 fully saturated rings. The minimum absolute atomic E-state index is 0.0235. The van der Waals surface area contributed by atoms with Crippen LogP contribution in [0.15, 0.2) is 54.9 Å². The number of pyridine rings is 1. The van der Waals surface area contributed by atoms with Crippen LogP contribution in [0.3, 0.4) is 0 Å². The fourth-order valence-corrected chi connectivity index (χ4v) is 5.98. The van der Waals surface area contributed by atoms with Crippen molar-refractivity contribution < 1.29 is 4.79 Å². The van der Waals surface area contributed by atoms with Crippen molar-refractivity contribution in [2.45, 2.75) is 83.1 Å². The van der Waals surface area contributed by atoms with Crippen LogP contribution in [-0.4, -0.2) is 35.4 Å². The Hall–Kier alpha value is -2.46. The second-order valence-corrected chi connectivity index (χ2v) is 10.5. The Kier molecular flexibility index (Phi) is 9.94. The van der Waals surface area contributed by atoms with Crippen LogP contribution in [0.5, 0.6) is 0 Å². The summed E-state index contributed by atoms with van der Waals surface area (Å²) in [7, 11) is 0. The van der Waals surface area contributed by atoms with Crippen LogP contribution in [-0.2, 0) is 4.79 Å². The molecule has 1 N–H and O–H groups in total. The van der Waals surface area contributed by atoms with Gasteiger partial charge in [0.25, 0.3) is 0 Å². The van der Waals surface area contributed by atoms with E-state index in [4.69, 9.17) is 0 Å². The molecule has 4 rings (SSSR count). The van der Waals surface area contributed by atoms with Crippen molar-refractivity contribution in [3.8, 4) is 0 Å². The molecule has 35 heavy (non-hydrogen) atoms. The van der Waals surface area contributed by atoms with Crippen LogP contribution in [0.2, 0.25) is 0 Å². The number of unbranched alkanes of at least 4 members (excludes halogenated alkanes) is 1. The van der Waals surface area contributed by atoms with E-state index in [1.54, 1.807) is 29.6 Å². The molecule has 4 nitrogen and oxygen atoms in total. The Balaban J connectivity index is 1.14. The monoisotopic (exact) mass is 473 g/mol. The summed E-state index contributed by atoms with van der Waals surface area (Å²) in [5.41, 5.74) is 4.14. The Morgan fingerprint density at radius 3 is 2.63 bits per heavy atom. The maximum atomic E-state index is 12.0. The number of carbonyl (C=O) groups is 1. The number of carbonyl (C=O) groups excluding carboxylic acids is 1. The maximum Gasteiger partial charge on any atom is 0.243 e. The van der Waals surface area contributed by atoms with Crippen LogP contribution < -0.4 is 5.32 Å².